The van der Waals surface area contributed by atoms with Crippen molar-refractivity contribution in [3.63, 3.8) is 0 Å². The van der Waals surface area contributed by atoms with Gasteiger partial charge in [0, 0.05) is 66.2 Å². The molecule has 2 aromatic heterocycles. The van der Waals surface area contributed by atoms with Crippen LogP contribution in [0.4, 0.5) is 5.82 Å². The minimum absolute atomic E-state index is 0.0825. The number of pyridine rings is 1. The standard InChI is InChI=1S/C27H26N4O2/c32-27(31-10-9-19-3-1-2-4-22(19)18-31)20-5-7-23-24(17-28-25(23)15-20)21-6-8-26(29-16-21)30-11-13-33-14-12-30/h1-8,15-17,28H,9-14,18H2. The average Bonchev–Trinajstić information content (AvgIpc) is 3.32. The Bertz CT molecular complexity index is 1310. The molecule has 2 aliphatic rings. The van der Waals surface area contributed by atoms with E-state index in [1.54, 1.807) is 0 Å². The normalized spacial score (nSPS) is 16.1. The maximum atomic E-state index is 13.2. The van der Waals surface area contributed by atoms with Crippen LogP contribution >= 0.6 is 0 Å². The minimum atomic E-state index is 0.0825. The molecule has 6 rings (SSSR count). The zero-order chi connectivity index (χ0) is 22.2. The molecule has 0 atom stereocenters. The maximum absolute atomic E-state index is 13.2. The highest BCUT2D eigenvalue weighted by molar-refractivity contribution is 6.02. The number of aromatic nitrogens is 2. The number of nitrogens with zero attached hydrogens (tertiary/aromatic N) is 3. The monoisotopic (exact) mass is 438 g/mol. The first-order valence-electron chi connectivity index (χ1n) is 11.5. The van der Waals surface area contributed by atoms with Gasteiger partial charge in [-0.2, -0.15) is 0 Å². The highest BCUT2D eigenvalue weighted by Crippen LogP contribution is 2.30. The van der Waals surface area contributed by atoms with E-state index in [2.05, 4.69) is 45.2 Å². The van der Waals surface area contributed by atoms with Gasteiger partial charge in [0.2, 0.25) is 0 Å². The number of amides is 1. The topological polar surface area (TPSA) is 61.5 Å². The van der Waals surface area contributed by atoms with Crippen molar-refractivity contribution in [1.82, 2.24) is 14.9 Å². The number of hydrogen-bond donors (Lipinski definition) is 1. The number of morpholine rings is 1. The summed E-state index contributed by atoms with van der Waals surface area (Å²) in [6.07, 6.45) is 4.84. The van der Waals surface area contributed by atoms with E-state index in [1.165, 1.54) is 11.1 Å². The van der Waals surface area contributed by atoms with E-state index in [9.17, 15) is 4.79 Å². The second-order valence-corrected chi connectivity index (χ2v) is 8.71. The zero-order valence-electron chi connectivity index (χ0n) is 18.5. The molecule has 0 bridgehead atoms. The first-order valence-corrected chi connectivity index (χ1v) is 11.5. The first-order chi connectivity index (χ1) is 16.3. The summed E-state index contributed by atoms with van der Waals surface area (Å²) in [6.45, 7) is 4.67. The van der Waals surface area contributed by atoms with Gasteiger partial charge in [0.1, 0.15) is 5.82 Å². The Hall–Kier alpha value is -3.64. The second-order valence-electron chi connectivity index (χ2n) is 8.71. The van der Waals surface area contributed by atoms with Gasteiger partial charge in [-0.05, 0) is 41.8 Å². The summed E-state index contributed by atoms with van der Waals surface area (Å²) >= 11 is 0. The molecule has 2 aromatic carbocycles. The van der Waals surface area contributed by atoms with E-state index < -0.39 is 0 Å². The average molecular weight is 439 g/mol. The van der Waals surface area contributed by atoms with Crippen LogP contribution in [-0.2, 0) is 17.7 Å². The van der Waals surface area contributed by atoms with Crippen LogP contribution in [0, 0.1) is 0 Å². The summed E-state index contributed by atoms with van der Waals surface area (Å²) in [6, 6.07) is 18.5. The van der Waals surface area contributed by atoms with Crippen molar-refractivity contribution in [2.24, 2.45) is 0 Å². The Morgan fingerprint density at radius 2 is 1.82 bits per heavy atom. The van der Waals surface area contributed by atoms with Gasteiger partial charge >= 0.3 is 0 Å². The molecule has 4 heterocycles. The van der Waals surface area contributed by atoms with Crippen molar-refractivity contribution >= 4 is 22.6 Å². The Morgan fingerprint density at radius 3 is 2.64 bits per heavy atom. The maximum Gasteiger partial charge on any atom is 0.254 e. The first kappa shape index (κ1) is 20.0. The van der Waals surface area contributed by atoms with Crippen LogP contribution in [0.15, 0.2) is 67.0 Å². The Balaban J connectivity index is 1.23. The van der Waals surface area contributed by atoms with Crippen LogP contribution in [0.2, 0.25) is 0 Å². The third-order valence-corrected chi connectivity index (χ3v) is 6.74. The number of hydrogen-bond acceptors (Lipinski definition) is 4. The molecule has 1 fully saturated rings. The van der Waals surface area contributed by atoms with Crippen LogP contribution in [0.25, 0.3) is 22.0 Å². The lowest BCUT2D eigenvalue weighted by Crippen LogP contribution is -2.36. The van der Waals surface area contributed by atoms with E-state index in [4.69, 9.17) is 4.74 Å². The number of carbonyl (C=O) groups is 1. The van der Waals surface area contributed by atoms with Gasteiger partial charge < -0.3 is 19.5 Å². The molecule has 0 radical (unpaired) electrons. The summed E-state index contributed by atoms with van der Waals surface area (Å²) in [5.41, 5.74) is 6.43. The van der Waals surface area contributed by atoms with Gasteiger partial charge in [0.05, 0.1) is 13.2 Å². The molecule has 2 aliphatic heterocycles. The fourth-order valence-corrected chi connectivity index (χ4v) is 4.87. The number of rotatable bonds is 3. The molecule has 0 unspecified atom stereocenters. The summed E-state index contributed by atoms with van der Waals surface area (Å²) in [7, 11) is 0. The Morgan fingerprint density at radius 1 is 0.970 bits per heavy atom. The lowest BCUT2D eigenvalue weighted by Gasteiger charge is -2.29. The molecular weight excluding hydrogens is 412 g/mol. The predicted octanol–water partition coefficient (Wildman–Crippen LogP) is 4.27. The number of H-pyrrole nitrogens is 1. The summed E-state index contributed by atoms with van der Waals surface area (Å²) < 4.78 is 5.43. The number of aromatic amines is 1. The van der Waals surface area contributed by atoms with Gasteiger partial charge in [0.15, 0.2) is 0 Å². The van der Waals surface area contributed by atoms with Crippen LogP contribution in [0.3, 0.4) is 0 Å². The van der Waals surface area contributed by atoms with Crippen molar-refractivity contribution in [2.45, 2.75) is 13.0 Å². The lowest BCUT2D eigenvalue weighted by molar-refractivity contribution is 0.0735. The Kier molecular flexibility index (Phi) is 5.07. The summed E-state index contributed by atoms with van der Waals surface area (Å²) in [5, 5.41) is 1.09. The molecule has 0 spiro atoms. The zero-order valence-corrected chi connectivity index (χ0v) is 18.5. The fourth-order valence-electron chi connectivity index (χ4n) is 4.87. The predicted molar refractivity (Wildman–Crippen MR) is 129 cm³/mol. The second kappa shape index (κ2) is 8.37. The largest absolute Gasteiger partial charge is 0.378 e. The molecule has 1 saturated heterocycles. The van der Waals surface area contributed by atoms with E-state index >= 15 is 0 Å². The molecular formula is C27H26N4O2. The van der Waals surface area contributed by atoms with Gasteiger partial charge in [0.25, 0.3) is 5.91 Å². The molecule has 4 aromatic rings. The van der Waals surface area contributed by atoms with Crippen LogP contribution in [0.1, 0.15) is 21.5 Å². The molecule has 33 heavy (non-hydrogen) atoms. The molecule has 166 valence electrons. The molecule has 0 saturated carbocycles. The van der Waals surface area contributed by atoms with E-state index in [1.807, 2.05) is 41.6 Å². The quantitative estimate of drug-likeness (QED) is 0.519. The molecule has 6 nitrogen and oxygen atoms in total. The summed E-state index contributed by atoms with van der Waals surface area (Å²) in [5.74, 6) is 1.07. The van der Waals surface area contributed by atoms with Crippen LogP contribution in [0.5, 0.6) is 0 Å². The number of carbonyl (C=O) groups excluding carboxylic acids is 1. The number of ether oxygens (including phenoxy) is 1. The molecule has 1 N–H and O–H groups in total. The van der Waals surface area contributed by atoms with E-state index in [0.717, 1.165) is 72.7 Å². The van der Waals surface area contributed by atoms with Crippen LogP contribution < -0.4 is 4.90 Å². The number of nitrogens with one attached hydrogen (secondary N) is 1. The highest BCUT2D eigenvalue weighted by atomic mass is 16.5. The van der Waals surface area contributed by atoms with Crippen molar-refractivity contribution in [2.75, 3.05) is 37.7 Å². The van der Waals surface area contributed by atoms with Crippen molar-refractivity contribution in [3.05, 3.63) is 83.7 Å². The Labute approximate surface area is 192 Å². The third kappa shape index (κ3) is 3.76. The summed E-state index contributed by atoms with van der Waals surface area (Å²) in [4.78, 5) is 25.4. The van der Waals surface area contributed by atoms with Gasteiger partial charge in [-0.3, -0.25) is 4.79 Å². The van der Waals surface area contributed by atoms with Crippen molar-refractivity contribution < 1.29 is 9.53 Å². The van der Waals surface area contributed by atoms with Gasteiger partial charge in [-0.25, -0.2) is 4.98 Å². The molecule has 0 aliphatic carbocycles. The highest BCUT2D eigenvalue weighted by Gasteiger charge is 2.22. The minimum Gasteiger partial charge on any atom is -0.378 e. The third-order valence-electron chi connectivity index (χ3n) is 6.74. The number of anilines is 1. The fraction of sp³-hybridized carbons (Fsp3) is 0.259. The SMILES string of the molecule is O=C(c1ccc2c(-c3ccc(N4CCOCC4)nc3)c[nH]c2c1)N1CCc2ccccc2C1. The van der Waals surface area contributed by atoms with E-state index in [0.29, 0.717) is 6.54 Å². The number of benzene rings is 2. The van der Waals surface area contributed by atoms with E-state index in [-0.39, 0.29) is 5.91 Å². The molecule has 1 amide bonds. The smallest absolute Gasteiger partial charge is 0.254 e. The van der Waals surface area contributed by atoms with Crippen LogP contribution in [-0.4, -0.2) is 53.6 Å². The number of fused-ring (bicyclic) bond motifs is 2. The van der Waals surface area contributed by atoms with Crippen molar-refractivity contribution in [1.29, 1.82) is 0 Å². The van der Waals surface area contributed by atoms with Crippen molar-refractivity contribution in [3.8, 4) is 11.1 Å². The van der Waals surface area contributed by atoms with Gasteiger partial charge in [-0.15, -0.1) is 0 Å². The molecule has 6 heteroatoms. The van der Waals surface area contributed by atoms with Gasteiger partial charge in [-0.1, -0.05) is 30.3 Å². The lowest BCUT2D eigenvalue weighted by atomic mass is 9.99.